The Labute approximate surface area is 188 Å². The number of aromatic nitrogens is 2. The molecule has 3 aromatic rings. The van der Waals surface area contributed by atoms with Gasteiger partial charge in [-0.2, -0.15) is 5.10 Å². The zero-order chi connectivity index (χ0) is 21.7. The van der Waals surface area contributed by atoms with Gasteiger partial charge in [-0.25, -0.2) is 0 Å². The van der Waals surface area contributed by atoms with Crippen LogP contribution in [0.2, 0.25) is 0 Å². The van der Waals surface area contributed by atoms with E-state index in [-0.39, 0.29) is 11.9 Å². The Kier molecular flexibility index (Phi) is 5.05. The number of aryl methyl sites for hydroxylation is 3. The van der Waals surface area contributed by atoms with Gasteiger partial charge in [-0.3, -0.25) is 9.48 Å². The molecule has 1 saturated heterocycles. The summed E-state index contributed by atoms with van der Waals surface area (Å²) in [5, 5.41) is 4.71. The molecule has 3 heterocycles. The molecule has 2 aliphatic heterocycles. The minimum atomic E-state index is 0.0595. The smallest absolute Gasteiger partial charge is 0.274 e. The van der Waals surface area contributed by atoms with E-state index < -0.39 is 0 Å². The normalized spacial score (nSPS) is 18.0. The lowest BCUT2D eigenvalue weighted by Crippen LogP contribution is -2.54. The number of carbonyl (C=O) groups excluding carboxylic acids is 1. The number of thioether (sulfide) groups is 1. The molecule has 1 aromatic heterocycles. The molecule has 0 bridgehead atoms. The molecule has 0 radical (unpaired) electrons. The molecule has 2 aliphatic rings. The van der Waals surface area contributed by atoms with Crippen molar-refractivity contribution in [1.82, 2.24) is 14.7 Å². The fraction of sp³-hybridized carbons (Fsp3) is 0.360. The molecule has 0 spiro atoms. The fourth-order valence-electron chi connectivity index (χ4n) is 4.80. The Morgan fingerprint density at radius 3 is 2.68 bits per heavy atom. The third kappa shape index (κ3) is 3.53. The van der Waals surface area contributed by atoms with E-state index in [2.05, 4.69) is 68.1 Å². The molecule has 1 amide bonds. The zero-order valence-corrected chi connectivity index (χ0v) is 19.4. The lowest BCUT2D eigenvalue weighted by atomic mass is 10.0. The maximum atomic E-state index is 13.5. The molecule has 0 N–H and O–H groups in total. The molecule has 5 rings (SSSR count). The number of anilines is 1. The molecule has 0 saturated carbocycles. The molecule has 0 unspecified atom stereocenters. The van der Waals surface area contributed by atoms with Crippen molar-refractivity contribution in [3.8, 4) is 11.3 Å². The maximum absolute atomic E-state index is 13.5. The Balaban J connectivity index is 1.41. The number of carbonyl (C=O) groups is 1. The summed E-state index contributed by atoms with van der Waals surface area (Å²) in [6.45, 7) is 8.69. The van der Waals surface area contributed by atoms with Crippen molar-refractivity contribution in [2.24, 2.45) is 7.05 Å². The third-order valence-corrected chi connectivity index (χ3v) is 7.46. The van der Waals surface area contributed by atoms with Crippen LogP contribution in [0.1, 0.15) is 34.1 Å². The first-order valence-corrected chi connectivity index (χ1v) is 11.8. The molecule has 160 valence electrons. The Morgan fingerprint density at radius 2 is 1.90 bits per heavy atom. The summed E-state index contributed by atoms with van der Waals surface area (Å²) in [4.78, 5) is 19.2. The van der Waals surface area contributed by atoms with Crippen molar-refractivity contribution in [3.63, 3.8) is 0 Å². The van der Waals surface area contributed by atoms with Crippen LogP contribution < -0.4 is 4.90 Å². The fourth-order valence-corrected chi connectivity index (χ4v) is 5.85. The highest BCUT2D eigenvalue weighted by atomic mass is 32.2. The number of benzene rings is 2. The van der Waals surface area contributed by atoms with E-state index in [1.165, 1.54) is 27.3 Å². The van der Waals surface area contributed by atoms with Crippen molar-refractivity contribution >= 4 is 23.4 Å². The van der Waals surface area contributed by atoms with Gasteiger partial charge >= 0.3 is 0 Å². The predicted octanol–water partition coefficient (Wildman–Crippen LogP) is 4.66. The third-order valence-electron chi connectivity index (χ3n) is 6.36. The van der Waals surface area contributed by atoms with E-state index in [1.54, 1.807) is 11.8 Å². The van der Waals surface area contributed by atoms with Crippen LogP contribution in [0, 0.1) is 13.8 Å². The van der Waals surface area contributed by atoms with Gasteiger partial charge in [0.15, 0.2) is 5.69 Å². The van der Waals surface area contributed by atoms with Crippen molar-refractivity contribution in [2.75, 3.05) is 24.5 Å². The van der Waals surface area contributed by atoms with Crippen LogP contribution in [0.15, 0.2) is 47.4 Å². The zero-order valence-electron chi connectivity index (χ0n) is 18.6. The van der Waals surface area contributed by atoms with E-state index in [0.29, 0.717) is 18.8 Å². The van der Waals surface area contributed by atoms with E-state index in [1.807, 2.05) is 16.6 Å². The number of nitrogens with zero attached hydrogens (tertiary/aromatic N) is 4. The quantitative estimate of drug-likeness (QED) is 0.591. The minimum Gasteiger partial charge on any atom is -0.365 e. The highest BCUT2D eigenvalue weighted by Gasteiger charge is 2.33. The van der Waals surface area contributed by atoms with Gasteiger partial charge in [0.25, 0.3) is 5.91 Å². The van der Waals surface area contributed by atoms with E-state index in [9.17, 15) is 4.79 Å². The summed E-state index contributed by atoms with van der Waals surface area (Å²) >= 11 is 1.80. The Morgan fingerprint density at radius 1 is 1.10 bits per heavy atom. The van der Waals surface area contributed by atoms with Gasteiger partial charge < -0.3 is 9.80 Å². The van der Waals surface area contributed by atoms with Gasteiger partial charge in [0.1, 0.15) is 0 Å². The van der Waals surface area contributed by atoms with Gasteiger partial charge in [0.2, 0.25) is 0 Å². The number of hydrogen-bond acceptors (Lipinski definition) is 4. The molecule has 1 fully saturated rings. The molecule has 31 heavy (non-hydrogen) atoms. The molecular weight excluding hydrogens is 404 g/mol. The van der Waals surface area contributed by atoms with Gasteiger partial charge in [-0.05, 0) is 50.6 Å². The van der Waals surface area contributed by atoms with Crippen LogP contribution in [0.3, 0.4) is 0 Å². The minimum absolute atomic E-state index is 0.0595. The Hall–Kier alpha value is -2.73. The van der Waals surface area contributed by atoms with Gasteiger partial charge in [-0.15, -0.1) is 11.8 Å². The molecule has 6 heteroatoms. The lowest BCUT2D eigenvalue weighted by Gasteiger charge is -2.41. The van der Waals surface area contributed by atoms with Crippen molar-refractivity contribution in [1.29, 1.82) is 0 Å². The highest BCUT2D eigenvalue weighted by Crippen LogP contribution is 2.43. The first-order chi connectivity index (χ1) is 14.9. The maximum Gasteiger partial charge on any atom is 0.274 e. The summed E-state index contributed by atoms with van der Waals surface area (Å²) in [7, 11) is 1.95. The summed E-state index contributed by atoms with van der Waals surface area (Å²) in [6, 6.07) is 15.4. The van der Waals surface area contributed by atoms with Crippen LogP contribution in [0.5, 0.6) is 0 Å². The van der Waals surface area contributed by atoms with E-state index in [4.69, 9.17) is 5.10 Å². The summed E-state index contributed by atoms with van der Waals surface area (Å²) in [5.74, 6) is 0.850. The standard InChI is InChI=1S/C25H28N4OS/c1-16-6-5-7-19(12-16)29-11-10-28(14-18(29)3)25(30)23-21-15-31-22-9-8-17(2)13-20(22)24(21)27(4)26-23/h5-9,12-13,18H,10-11,14-15H2,1-4H3/t18-/m1/s1. The SMILES string of the molecule is Cc1cccc(N2CCN(C(=O)c3nn(C)c4c3CSc3ccc(C)cc3-4)C[C@H]2C)c1. The van der Waals surface area contributed by atoms with Crippen LogP contribution in [-0.2, 0) is 12.8 Å². The summed E-state index contributed by atoms with van der Waals surface area (Å²) in [6.07, 6.45) is 0. The average Bonchev–Trinajstić information content (AvgIpc) is 3.10. The largest absolute Gasteiger partial charge is 0.365 e. The second kappa shape index (κ2) is 7.75. The molecule has 5 nitrogen and oxygen atoms in total. The number of piperazine rings is 1. The summed E-state index contributed by atoms with van der Waals surface area (Å²) in [5.41, 5.74) is 7.69. The van der Waals surface area contributed by atoms with Crippen LogP contribution in [0.25, 0.3) is 11.3 Å². The van der Waals surface area contributed by atoms with Gasteiger partial charge in [-0.1, -0.05) is 23.8 Å². The van der Waals surface area contributed by atoms with Gasteiger partial charge in [0, 0.05) is 60.2 Å². The first kappa shape index (κ1) is 20.2. The second-order valence-corrected chi connectivity index (χ2v) is 9.74. The monoisotopic (exact) mass is 432 g/mol. The predicted molar refractivity (Wildman–Crippen MR) is 127 cm³/mol. The van der Waals surface area contributed by atoms with Crippen LogP contribution in [-0.4, -0.2) is 46.3 Å². The van der Waals surface area contributed by atoms with Crippen molar-refractivity contribution in [3.05, 3.63) is 64.8 Å². The van der Waals surface area contributed by atoms with Crippen molar-refractivity contribution < 1.29 is 4.79 Å². The molecule has 2 aromatic carbocycles. The second-order valence-electron chi connectivity index (χ2n) is 8.72. The lowest BCUT2D eigenvalue weighted by molar-refractivity contribution is 0.0719. The number of amides is 1. The topological polar surface area (TPSA) is 41.4 Å². The van der Waals surface area contributed by atoms with Crippen LogP contribution in [0.4, 0.5) is 5.69 Å². The van der Waals surface area contributed by atoms with E-state index in [0.717, 1.165) is 23.6 Å². The number of fused-ring (bicyclic) bond motifs is 3. The number of hydrogen-bond donors (Lipinski definition) is 0. The first-order valence-electron chi connectivity index (χ1n) is 10.8. The van der Waals surface area contributed by atoms with Crippen LogP contribution >= 0.6 is 11.8 Å². The number of rotatable bonds is 2. The highest BCUT2D eigenvalue weighted by molar-refractivity contribution is 7.98. The molecule has 1 atom stereocenters. The van der Waals surface area contributed by atoms with E-state index >= 15 is 0 Å². The molecular formula is C25H28N4OS. The van der Waals surface area contributed by atoms with Crippen molar-refractivity contribution in [2.45, 2.75) is 37.5 Å². The molecule has 0 aliphatic carbocycles. The summed E-state index contributed by atoms with van der Waals surface area (Å²) < 4.78 is 1.90. The Bertz CT molecular complexity index is 1170. The average molecular weight is 433 g/mol. The van der Waals surface area contributed by atoms with Gasteiger partial charge in [0.05, 0.1) is 5.69 Å².